The van der Waals surface area contributed by atoms with Gasteiger partial charge in [-0.05, 0) is 31.9 Å². The number of nitrogens with one attached hydrogen (secondary N) is 1. The molecule has 1 N–H and O–H groups in total. The maximum atomic E-state index is 5.32. The Morgan fingerprint density at radius 3 is 3.05 bits per heavy atom. The van der Waals surface area contributed by atoms with E-state index in [0.717, 1.165) is 16.5 Å². The Kier molecular flexibility index (Phi) is 3.42. The van der Waals surface area contributed by atoms with Gasteiger partial charge in [0.1, 0.15) is 5.82 Å². The summed E-state index contributed by atoms with van der Waals surface area (Å²) in [6, 6.07) is 8.02. The second kappa shape index (κ2) is 5.57. The molecular weight excluding hydrogens is 298 g/mol. The molecule has 3 aromatic rings. The van der Waals surface area contributed by atoms with Gasteiger partial charge in [0.2, 0.25) is 5.16 Å². The molecule has 0 amide bonds. The number of aromatic nitrogens is 5. The van der Waals surface area contributed by atoms with Crippen LogP contribution in [0.1, 0.15) is 36.0 Å². The molecule has 7 heteroatoms. The van der Waals surface area contributed by atoms with E-state index in [2.05, 4.69) is 25.3 Å². The molecule has 2 aromatic heterocycles. The molecule has 0 bridgehead atoms. The van der Waals surface area contributed by atoms with Crippen LogP contribution in [0.15, 0.2) is 33.9 Å². The van der Waals surface area contributed by atoms with Crippen molar-refractivity contribution < 1.29 is 4.52 Å². The van der Waals surface area contributed by atoms with E-state index in [1.54, 1.807) is 0 Å². The zero-order valence-electron chi connectivity index (χ0n) is 12.1. The van der Waals surface area contributed by atoms with Crippen LogP contribution in [0.2, 0.25) is 0 Å². The minimum Gasteiger partial charge on any atom is -0.334 e. The smallest absolute Gasteiger partial charge is 0.257 e. The molecule has 1 aromatic carbocycles. The highest BCUT2D eigenvalue weighted by Crippen LogP contribution is 2.38. The number of hydrogen-bond donors (Lipinski definition) is 1. The number of aryl methyl sites for hydroxylation is 1. The standard InChI is InChI=1S/C15H15N5OS/c1-9-3-2-4-11(7-9)14-16-12(20-21-14)8-22-15-17-13(18-19-15)10-5-6-10/h2-4,7,10H,5-6,8H2,1H3,(H,17,18,19). The first-order chi connectivity index (χ1) is 10.8. The molecule has 1 saturated carbocycles. The summed E-state index contributed by atoms with van der Waals surface area (Å²) in [4.78, 5) is 8.90. The average molecular weight is 313 g/mol. The Morgan fingerprint density at radius 2 is 2.23 bits per heavy atom. The quantitative estimate of drug-likeness (QED) is 0.728. The third kappa shape index (κ3) is 2.89. The van der Waals surface area contributed by atoms with Crippen LogP contribution in [0.5, 0.6) is 0 Å². The second-order valence-corrected chi connectivity index (χ2v) is 6.39. The van der Waals surface area contributed by atoms with Gasteiger partial charge >= 0.3 is 0 Å². The van der Waals surface area contributed by atoms with E-state index < -0.39 is 0 Å². The third-order valence-corrected chi connectivity index (χ3v) is 4.35. The molecule has 4 rings (SSSR count). The van der Waals surface area contributed by atoms with E-state index >= 15 is 0 Å². The fourth-order valence-corrected chi connectivity index (χ4v) is 2.85. The molecular formula is C15H15N5OS. The zero-order chi connectivity index (χ0) is 14.9. The maximum Gasteiger partial charge on any atom is 0.257 e. The van der Waals surface area contributed by atoms with E-state index in [9.17, 15) is 0 Å². The van der Waals surface area contributed by atoms with Crippen LogP contribution in [0.4, 0.5) is 0 Å². The average Bonchev–Trinajstić information content (AvgIpc) is 3.09. The monoisotopic (exact) mass is 313 g/mol. The van der Waals surface area contributed by atoms with E-state index in [1.165, 1.54) is 30.2 Å². The third-order valence-electron chi connectivity index (χ3n) is 3.51. The number of rotatable bonds is 5. The van der Waals surface area contributed by atoms with Crippen molar-refractivity contribution in [3.8, 4) is 11.5 Å². The molecule has 2 heterocycles. The summed E-state index contributed by atoms with van der Waals surface area (Å²) in [5.74, 6) is 3.38. The number of hydrogen-bond acceptors (Lipinski definition) is 6. The highest BCUT2D eigenvalue weighted by molar-refractivity contribution is 7.98. The van der Waals surface area contributed by atoms with Crippen LogP contribution in [-0.2, 0) is 5.75 Å². The Hall–Kier alpha value is -2.15. The first-order valence-corrected chi connectivity index (χ1v) is 8.21. The van der Waals surface area contributed by atoms with Crippen molar-refractivity contribution in [2.75, 3.05) is 0 Å². The first kappa shape index (κ1) is 13.5. The molecule has 0 spiro atoms. The van der Waals surface area contributed by atoms with Crippen molar-refractivity contribution >= 4 is 11.8 Å². The lowest BCUT2D eigenvalue weighted by atomic mass is 10.1. The molecule has 1 aliphatic carbocycles. The fraction of sp³-hybridized carbons (Fsp3) is 0.333. The lowest BCUT2D eigenvalue weighted by molar-refractivity contribution is 0.425. The van der Waals surface area contributed by atoms with Gasteiger partial charge in [0.05, 0.1) is 5.75 Å². The molecule has 112 valence electrons. The highest BCUT2D eigenvalue weighted by atomic mass is 32.2. The van der Waals surface area contributed by atoms with Crippen molar-refractivity contribution in [1.82, 2.24) is 25.3 Å². The van der Waals surface area contributed by atoms with E-state index in [4.69, 9.17) is 4.52 Å². The van der Waals surface area contributed by atoms with Crippen LogP contribution in [0.25, 0.3) is 11.5 Å². The summed E-state index contributed by atoms with van der Waals surface area (Å²) in [6.07, 6.45) is 2.42. The molecule has 6 nitrogen and oxygen atoms in total. The van der Waals surface area contributed by atoms with Gasteiger partial charge in [0, 0.05) is 11.5 Å². The van der Waals surface area contributed by atoms with Gasteiger partial charge in [-0.15, -0.1) is 5.10 Å². The van der Waals surface area contributed by atoms with Gasteiger partial charge in [-0.25, -0.2) is 4.98 Å². The molecule has 0 unspecified atom stereocenters. The summed E-state index contributed by atoms with van der Waals surface area (Å²) < 4.78 is 5.32. The Balaban J connectivity index is 1.42. The second-order valence-electron chi connectivity index (χ2n) is 5.45. The predicted octanol–water partition coefficient (Wildman–Crippen LogP) is 3.33. The molecule has 0 saturated heterocycles. The van der Waals surface area contributed by atoms with Gasteiger partial charge in [-0.1, -0.05) is 34.6 Å². The van der Waals surface area contributed by atoms with Crippen LogP contribution in [-0.4, -0.2) is 25.3 Å². The highest BCUT2D eigenvalue weighted by Gasteiger charge is 2.27. The number of nitrogens with zero attached hydrogens (tertiary/aromatic N) is 4. The molecule has 0 aliphatic heterocycles. The lowest BCUT2D eigenvalue weighted by Gasteiger charge is -1.95. The van der Waals surface area contributed by atoms with Crippen molar-refractivity contribution in [3.63, 3.8) is 0 Å². The van der Waals surface area contributed by atoms with Gasteiger partial charge in [-0.2, -0.15) is 4.98 Å². The van der Waals surface area contributed by atoms with E-state index in [-0.39, 0.29) is 0 Å². The maximum absolute atomic E-state index is 5.32. The SMILES string of the molecule is Cc1cccc(-c2nc(CSc3n[nH]c(C4CC4)n3)no2)c1. The summed E-state index contributed by atoms with van der Waals surface area (Å²) in [7, 11) is 0. The number of H-pyrrole nitrogens is 1. The summed E-state index contributed by atoms with van der Waals surface area (Å²) in [5, 5.41) is 12.0. The van der Waals surface area contributed by atoms with Gasteiger partial charge in [0.15, 0.2) is 5.82 Å². The summed E-state index contributed by atoms with van der Waals surface area (Å²) >= 11 is 1.51. The minimum atomic E-state index is 0.549. The Bertz CT molecular complexity index is 793. The number of benzene rings is 1. The van der Waals surface area contributed by atoms with Gasteiger partial charge in [0.25, 0.3) is 5.89 Å². The minimum absolute atomic E-state index is 0.549. The largest absolute Gasteiger partial charge is 0.334 e. The fourth-order valence-electron chi connectivity index (χ4n) is 2.20. The van der Waals surface area contributed by atoms with Crippen molar-refractivity contribution in [1.29, 1.82) is 0 Å². The molecule has 0 atom stereocenters. The molecule has 22 heavy (non-hydrogen) atoms. The topological polar surface area (TPSA) is 80.5 Å². The van der Waals surface area contributed by atoms with Gasteiger partial charge < -0.3 is 4.52 Å². The number of thioether (sulfide) groups is 1. The van der Waals surface area contributed by atoms with Crippen LogP contribution in [0.3, 0.4) is 0 Å². The summed E-state index contributed by atoms with van der Waals surface area (Å²) in [5.41, 5.74) is 2.11. The van der Waals surface area contributed by atoms with Crippen LogP contribution in [0, 0.1) is 6.92 Å². The van der Waals surface area contributed by atoms with E-state index in [1.807, 2.05) is 31.2 Å². The lowest BCUT2D eigenvalue weighted by Crippen LogP contribution is -1.86. The normalized spacial score (nSPS) is 14.4. The zero-order valence-corrected chi connectivity index (χ0v) is 12.9. The molecule has 1 fully saturated rings. The van der Waals surface area contributed by atoms with Gasteiger partial charge in [-0.3, -0.25) is 5.10 Å². The molecule has 1 aliphatic rings. The Labute approximate surface area is 131 Å². The van der Waals surface area contributed by atoms with Crippen molar-refractivity contribution in [2.45, 2.75) is 36.6 Å². The van der Waals surface area contributed by atoms with E-state index in [0.29, 0.717) is 23.4 Å². The molecule has 0 radical (unpaired) electrons. The van der Waals surface area contributed by atoms with Crippen LogP contribution >= 0.6 is 11.8 Å². The van der Waals surface area contributed by atoms with Crippen molar-refractivity contribution in [2.24, 2.45) is 0 Å². The first-order valence-electron chi connectivity index (χ1n) is 7.22. The predicted molar refractivity (Wildman–Crippen MR) is 82.4 cm³/mol. The van der Waals surface area contributed by atoms with Crippen molar-refractivity contribution in [3.05, 3.63) is 41.5 Å². The number of aromatic amines is 1. The summed E-state index contributed by atoms with van der Waals surface area (Å²) in [6.45, 7) is 2.04. The Morgan fingerprint density at radius 1 is 1.32 bits per heavy atom. The van der Waals surface area contributed by atoms with Crippen LogP contribution < -0.4 is 0 Å².